The van der Waals surface area contributed by atoms with Gasteiger partial charge in [-0.2, -0.15) is 0 Å². The van der Waals surface area contributed by atoms with Gasteiger partial charge in [-0.1, -0.05) is 37.3 Å². The normalized spacial score (nSPS) is 11.3. The summed E-state index contributed by atoms with van der Waals surface area (Å²) in [5.74, 6) is -0.252. The van der Waals surface area contributed by atoms with E-state index in [-0.39, 0.29) is 24.4 Å². The first-order chi connectivity index (χ1) is 6.79. The SMILES string of the molecule is CCNC(C(=O)OC)c1ccccc1.Cl. The summed E-state index contributed by atoms with van der Waals surface area (Å²) in [6.07, 6.45) is 0. The van der Waals surface area contributed by atoms with E-state index in [1.807, 2.05) is 37.3 Å². The van der Waals surface area contributed by atoms with Crippen LogP contribution in [0.25, 0.3) is 0 Å². The summed E-state index contributed by atoms with van der Waals surface area (Å²) in [5, 5.41) is 3.08. The number of benzene rings is 1. The minimum absolute atomic E-state index is 0. The van der Waals surface area contributed by atoms with E-state index in [4.69, 9.17) is 4.74 Å². The van der Waals surface area contributed by atoms with E-state index in [9.17, 15) is 4.79 Å². The third-order valence-corrected chi connectivity index (χ3v) is 1.98. The predicted molar refractivity (Wildman–Crippen MR) is 62.1 cm³/mol. The molecule has 84 valence electrons. The van der Waals surface area contributed by atoms with Gasteiger partial charge >= 0.3 is 5.97 Å². The van der Waals surface area contributed by atoms with Gasteiger partial charge in [0.25, 0.3) is 0 Å². The smallest absolute Gasteiger partial charge is 0.327 e. The first kappa shape index (κ1) is 13.9. The number of nitrogens with one attached hydrogen (secondary N) is 1. The Hall–Kier alpha value is -1.06. The van der Waals surface area contributed by atoms with Crippen LogP contribution in [0, 0.1) is 0 Å². The molecule has 0 saturated carbocycles. The third-order valence-electron chi connectivity index (χ3n) is 1.98. The zero-order valence-corrected chi connectivity index (χ0v) is 9.71. The Kier molecular flexibility index (Phi) is 6.75. The maximum absolute atomic E-state index is 11.4. The first-order valence-corrected chi connectivity index (χ1v) is 4.65. The number of methoxy groups -OCH3 is 1. The lowest BCUT2D eigenvalue weighted by Gasteiger charge is -2.15. The number of rotatable bonds is 4. The number of ether oxygens (including phenoxy) is 1. The summed E-state index contributed by atoms with van der Waals surface area (Å²) in [4.78, 5) is 11.4. The Balaban J connectivity index is 0.00000196. The molecule has 1 atom stereocenters. The molecular weight excluding hydrogens is 214 g/mol. The highest BCUT2D eigenvalue weighted by Crippen LogP contribution is 2.13. The molecule has 1 unspecified atom stereocenters. The Morgan fingerprint density at radius 1 is 1.40 bits per heavy atom. The van der Waals surface area contributed by atoms with Crippen LogP contribution in [0.5, 0.6) is 0 Å². The molecule has 4 heteroatoms. The molecule has 0 bridgehead atoms. The Morgan fingerprint density at radius 2 is 2.00 bits per heavy atom. The number of halogens is 1. The molecule has 1 N–H and O–H groups in total. The molecule has 1 aromatic carbocycles. The van der Waals surface area contributed by atoms with Gasteiger partial charge in [0.2, 0.25) is 0 Å². The second-order valence-electron chi connectivity index (χ2n) is 2.92. The lowest BCUT2D eigenvalue weighted by molar-refractivity contribution is -0.143. The van der Waals surface area contributed by atoms with Crippen LogP contribution < -0.4 is 5.32 Å². The third kappa shape index (κ3) is 3.90. The van der Waals surface area contributed by atoms with E-state index in [1.54, 1.807) is 0 Å². The van der Waals surface area contributed by atoms with Gasteiger partial charge in [-0.25, -0.2) is 4.79 Å². The number of carbonyl (C=O) groups excluding carboxylic acids is 1. The van der Waals surface area contributed by atoms with Crippen molar-refractivity contribution in [2.75, 3.05) is 13.7 Å². The average Bonchev–Trinajstić information content (AvgIpc) is 2.26. The fraction of sp³-hybridized carbons (Fsp3) is 0.364. The average molecular weight is 230 g/mol. The van der Waals surface area contributed by atoms with Crippen LogP contribution in [0.3, 0.4) is 0 Å². The van der Waals surface area contributed by atoms with Crippen LogP contribution in [0.15, 0.2) is 30.3 Å². The molecule has 0 radical (unpaired) electrons. The summed E-state index contributed by atoms with van der Waals surface area (Å²) >= 11 is 0. The standard InChI is InChI=1S/C11H15NO2.ClH/c1-3-12-10(11(13)14-2)9-7-5-4-6-8-9;/h4-8,10,12H,3H2,1-2H3;1H. The minimum atomic E-state index is -0.355. The number of hydrogen-bond acceptors (Lipinski definition) is 3. The monoisotopic (exact) mass is 229 g/mol. The van der Waals surface area contributed by atoms with Crippen LogP contribution in [0.2, 0.25) is 0 Å². The minimum Gasteiger partial charge on any atom is -0.468 e. The van der Waals surface area contributed by atoms with Gasteiger partial charge in [0, 0.05) is 0 Å². The lowest BCUT2D eigenvalue weighted by atomic mass is 10.1. The molecule has 0 amide bonds. The zero-order chi connectivity index (χ0) is 10.4. The van der Waals surface area contributed by atoms with Crippen molar-refractivity contribution >= 4 is 18.4 Å². The molecule has 1 rings (SSSR count). The van der Waals surface area contributed by atoms with E-state index in [0.717, 1.165) is 12.1 Å². The van der Waals surface area contributed by atoms with Gasteiger partial charge < -0.3 is 10.1 Å². The highest BCUT2D eigenvalue weighted by Gasteiger charge is 2.19. The summed E-state index contributed by atoms with van der Waals surface area (Å²) in [7, 11) is 1.40. The second-order valence-corrected chi connectivity index (χ2v) is 2.92. The van der Waals surface area contributed by atoms with Crippen LogP contribution >= 0.6 is 12.4 Å². The molecule has 0 aliphatic carbocycles. The highest BCUT2D eigenvalue weighted by molar-refractivity contribution is 5.85. The van der Waals surface area contributed by atoms with Crippen LogP contribution in [-0.4, -0.2) is 19.6 Å². The fourth-order valence-electron chi connectivity index (χ4n) is 1.30. The molecule has 1 aromatic rings. The number of esters is 1. The van der Waals surface area contributed by atoms with Crippen molar-refractivity contribution in [1.29, 1.82) is 0 Å². The molecule has 0 saturated heterocycles. The summed E-state index contributed by atoms with van der Waals surface area (Å²) in [5.41, 5.74) is 0.932. The van der Waals surface area contributed by atoms with E-state index in [2.05, 4.69) is 5.32 Å². The molecule has 15 heavy (non-hydrogen) atoms. The van der Waals surface area contributed by atoms with Crippen LogP contribution in [0.4, 0.5) is 0 Å². The molecule has 0 aliphatic heterocycles. The van der Waals surface area contributed by atoms with Crippen molar-refractivity contribution < 1.29 is 9.53 Å². The first-order valence-electron chi connectivity index (χ1n) is 4.65. The van der Waals surface area contributed by atoms with Gasteiger partial charge in [-0.15, -0.1) is 12.4 Å². The second kappa shape index (κ2) is 7.26. The van der Waals surface area contributed by atoms with Crippen molar-refractivity contribution in [1.82, 2.24) is 5.32 Å². The van der Waals surface area contributed by atoms with Gasteiger partial charge in [0.05, 0.1) is 7.11 Å². The summed E-state index contributed by atoms with van der Waals surface area (Å²) in [6, 6.07) is 9.19. The topological polar surface area (TPSA) is 38.3 Å². The molecule has 0 aliphatic rings. The number of likely N-dealkylation sites (N-methyl/N-ethyl adjacent to an activating group) is 1. The quantitative estimate of drug-likeness (QED) is 0.802. The van der Waals surface area contributed by atoms with Gasteiger partial charge in [0.1, 0.15) is 6.04 Å². The van der Waals surface area contributed by atoms with Gasteiger partial charge in [-0.05, 0) is 12.1 Å². The summed E-state index contributed by atoms with van der Waals surface area (Å²) < 4.78 is 4.72. The van der Waals surface area contributed by atoms with E-state index in [1.165, 1.54) is 7.11 Å². The molecule has 0 spiro atoms. The molecule has 0 fully saturated rings. The Morgan fingerprint density at radius 3 is 2.47 bits per heavy atom. The Labute approximate surface area is 96.2 Å². The van der Waals surface area contributed by atoms with Gasteiger partial charge in [0.15, 0.2) is 0 Å². The predicted octanol–water partition coefficient (Wildman–Crippen LogP) is 1.93. The zero-order valence-electron chi connectivity index (χ0n) is 8.90. The largest absolute Gasteiger partial charge is 0.468 e. The molecular formula is C11H16ClNO2. The van der Waals surface area contributed by atoms with E-state index < -0.39 is 0 Å². The van der Waals surface area contributed by atoms with Gasteiger partial charge in [-0.3, -0.25) is 0 Å². The number of carbonyl (C=O) groups is 1. The van der Waals surface area contributed by atoms with Crippen molar-refractivity contribution in [3.05, 3.63) is 35.9 Å². The molecule has 0 aromatic heterocycles. The van der Waals surface area contributed by atoms with E-state index in [0.29, 0.717) is 0 Å². The molecule has 3 nitrogen and oxygen atoms in total. The lowest BCUT2D eigenvalue weighted by Crippen LogP contribution is -2.29. The van der Waals surface area contributed by atoms with Crippen molar-refractivity contribution in [2.45, 2.75) is 13.0 Å². The van der Waals surface area contributed by atoms with Crippen LogP contribution in [0.1, 0.15) is 18.5 Å². The Bertz CT molecular complexity index is 290. The van der Waals surface area contributed by atoms with Crippen molar-refractivity contribution in [3.63, 3.8) is 0 Å². The summed E-state index contributed by atoms with van der Waals surface area (Å²) in [6.45, 7) is 2.69. The molecule has 0 heterocycles. The maximum Gasteiger partial charge on any atom is 0.327 e. The van der Waals surface area contributed by atoms with Crippen LogP contribution in [-0.2, 0) is 9.53 Å². The number of hydrogen-bond donors (Lipinski definition) is 1. The van der Waals surface area contributed by atoms with Crippen molar-refractivity contribution in [2.24, 2.45) is 0 Å². The van der Waals surface area contributed by atoms with E-state index >= 15 is 0 Å². The maximum atomic E-state index is 11.4. The fourth-order valence-corrected chi connectivity index (χ4v) is 1.30. The van der Waals surface area contributed by atoms with Crippen molar-refractivity contribution in [3.8, 4) is 0 Å². The highest BCUT2D eigenvalue weighted by atomic mass is 35.5.